The first-order chi connectivity index (χ1) is 13.4. The molecule has 1 rings (SSSR count). The van der Waals surface area contributed by atoms with Crippen molar-refractivity contribution in [3.63, 3.8) is 0 Å². The second-order valence-corrected chi connectivity index (χ2v) is 6.64. The molecule has 0 unspecified atom stereocenters. The fourth-order valence-corrected chi connectivity index (χ4v) is 2.62. The highest BCUT2D eigenvalue weighted by molar-refractivity contribution is 5.87. The van der Waals surface area contributed by atoms with E-state index >= 15 is 0 Å². The maximum atomic E-state index is 12.6. The summed E-state index contributed by atoms with van der Waals surface area (Å²) < 4.78 is 42.8. The van der Waals surface area contributed by atoms with Crippen molar-refractivity contribution in [3.05, 3.63) is 41.5 Å². The fourth-order valence-electron chi connectivity index (χ4n) is 2.62. The van der Waals surface area contributed by atoms with Crippen molar-refractivity contribution >= 4 is 12.0 Å². The molecule has 0 N–H and O–H groups in total. The third-order valence-corrected chi connectivity index (χ3v) is 4.19. The highest BCUT2D eigenvalue weighted by Gasteiger charge is 2.30. The van der Waals surface area contributed by atoms with Crippen molar-refractivity contribution in [2.75, 3.05) is 6.61 Å². The number of rotatable bonds is 11. The van der Waals surface area contributed by atoms with Gasteiger partial charge in [-0.2, -0.15) is 13.2 Å². The Labute approximate surface area is 166 Å². The van der Waals surface area contributed by atoms with E-state index in [4.69, 9.17) is 4.74 Å². The first kappa shape index (κ1) is 23.8. The average molecular weight is 394 g/mol. The van der Waals surface area contributed by atoms with Crippen LogP contribution in [0.4, 0.5) is 13.2 Å². The number of benzene rings is 1. The maximum absolute atomic E-state index is 12.6. The van der Waals surface area contributed by atoms with Gasteiger partial charge in [0.15, 0.2) is 6.61 Å². The van der Waals surface area contributed by atoms with Gasteiger partial charge in [0.1, 0.15) is 0 Å². The third kappa shape index (κ3) is 11.5. The summed E-state index contributed by atoms with van der Waals surface area (Å²) in [5.74, 6) is 5.13. The van der Waals surface area contributed by atoms with Gasteiger partial charge in [-0.05, 0) is 30.2 Å². The fraction of sp³-hybridized carbons (Fsp3) is 0.522. The lowest BCUT2D eigenvalue weighted by Crippen LogP contribution is -2.04. The first-order valence-corrected chi connectivity index (χ1v) is 9.91. The molecule has 154 valence electrons. The summed E-state index contributed by atoms with van der Waals surface area (Å²) >= 11 is 0. The molecule has 0 spiro atoms. The van der Waals surface area contributed by atoms with E-state index in [0.29, 0.717) is 0 Å². The maximum Gasteiger partial charge on any atom is 0.416 e. The van der Waals surface area contributed by atoms with E-state index in [1.165, 1.54) is 63.2 Å². The molecule has 0 bridgehead atoms. The van der Waals surface area contributed by atoms with E-state index in [9.17, 15) is 18.0 Å². The quantitative estimate of drug-likeness (QED) is 0.179. The predicted octanol–water partition coefficient (Wildman–Crippen LogP) is 6.80. The molecule has 5 heteroatoms. The smallest absolute Gasteiger partial charge is 0.416 e. The number of carbonyl (C=O) groups is 1. The topological polar surface area (TPSA) is 26.3 Å². The van der Waals surface area contributed by atoms with Crippen LogP contribution in [0, 0.1) is 11.8 Å². The van der Waals surface area contributed by atoms with E-state index in [0.717, 1.165) is 31.1 Å². The third-order valence-electron chi connectivity index (χ3n) is 4.19. The number of ether oxygens (including phenoxy) is 1. The van der Waals surface area contributed by atoms with Gasteiger partial charge in [-0.3, -0.25) is 0 Å². The van der Waals surface area contributed by atoms with Crippen molar-refractivity contribution in [2.24, 2.45) is 0 Å². The van der Waals surface area contributed by atoms with Gasteiger partial charge in [-0.25, -0.2) is 4.79 Å². The van der Waals surface area contributed by atoms with Crippen LogP contribution in [0.25, 0.3) is 6.08 Å². The lowest BCUT2D eigenvalue weighted by molar-refractivity contribution is -0.137. The molecule has 0 aliphatic carbocycles. The van der Waals surface area contributed by atoms with E-state index in [-0.39, 0.29) is 12.2 Å². The molecule has 1 aromatic carbocycles. The number of unbranched alkanes of at least 4 members (excludes halogenated alkanes) is 8. The molecule has 0 fully saturated rings. The van der Waals surface area contributed by atoms with Crippen molar-refractivity contribution in [1.82, 2.24) is 0 Å². The van der Waals surface area contributed by atoms with Gasteiger partial charge in [0.2, 0.25) is 0 Å². The second kappa shape index (κ2) is 13.9. The second-order valence-electron chi connectivity index (χ2n) is 6.64. The summed E-state index contributed by atoms with van der Waals surface area (Å²) in [6, 6.07) is 4.75. The van der Waals surface area contributed by atoms with Crippen LogP contribution in [-0.2, 0) is 15.7 Å². The average Bonchev–Trinajstić information content (AvgIpc) is 2.67. The number of carbonyl (C=O) groups excluding carboxylic acids is 1. The lowest BCUT2D eigenvalue weighted by Gasteiger charge is -2.06. The Morgan fingerprint density at radius 3 is 2.39 bits per heavy atom. The number of hydrogen-bond acceptors (Lipinski definition) is 2. The molecule has 0 saturated carbocycles. The van der Waals surface area contributed by atoms with Crippen molar-refractivity contribution in [3.8, 4) is 11.8 Å². The largest absolute Gasteiger partial charge is 0.449 e. The Morgan fingerprint density at radius 1 is 1.04 bits per heavy atom. The zero-order valence-electron chi connectivity index (χ0n) is 16.5. The standard InChI is InChI=1S/C23H29F3O2/c1-2-3-4-5-6-7-8-9-10-11-12-18-28-22(27)17-16-20-14-13-15-21(19-20)23(24,25)26/h13-17,19H,2-10,18H2,1H3/b17-16+. The van der Waals surface area contributed by atoms with E-state index in [1.807, 2.05) is 0 Å². The van der Waals surface area contributed by atoms with E-state index in [2.05, 4.69) is 18.8 Å². The Balaban J connectivity index is 2.18. The van der Waals surface area contributed by atoms with Crippen LogP contribution >= 0.6 is 0 Å². The van der Waals surface area contributed by atoms with Crippen LogP contribution in [-0.4, -0.2) is 12.6 Å². The van der Waals surface area contributed by atoms with Gasteiger partial charge in [0.05, 0.1) is 5.56 Å². The Kier molecular flexibility index (Phi) is 11.8. The van der Waals surface area contributed by atoms with Crippen LogP contribution in [0.5, 0.6) is 0 Å². The van der Waals surface area contributed by atoms with Gasteiger partial charge in [0.25, 0.3) is 0 Å². The normalized spacial score (nSPS) is 11.3. The molecular formula is C23H29F3O2. The van der Waals surface area contributed by atoms with Gasteiger partial charge in [-0.15, -0.1) is 0 Å². The van der Waals surface area contributed by atoms with Crippen LogP contribution in [0.1, 0.15) is 75.8 Å². The number of esters is 1. The Hall–Kier alpha value is -2.22. The summed E-state index contributed by atoms with van der Waals surface area (Å²) in [4.78, 5) is 11.6. The van der Waals surface area contributed by atoms with Gasteiger partial charge in [0, 0.05) is 12.5 Å². The molecule has 0 aliphatic rings. The molecule has 2 nitrogen and oxygen atoms in total. The van der Waals surface area contributed by atoms with Gasteiger partial charge in [-0.1, -0.05) is 75.8 Å². The highest BCUT2D eigenvalue weighted by Crippen LogP contribution is 2.29. The molecule has 0 amide bonds. The van der Waals surface area contributed by atoms with Crippen molar-refractivity contribution in [1.29, 1.82) is 0 Å². The first-order valence-electron chi connectivity index (χ1n) is 9.91. The molecule has 1 aromatic rings. The summed E-state index contributed by atoms with van der Waals surface area (Å²) in [6.45, 7) is 2.20. The Bertz CT molecular complexity index is 666. The zero-order valence-corrected chi connectivity index (χ0v) is 16.5. The van der Waals surface area contributed by atoms with Crippen molar-refractivity contribution in [2.45, 2.75) is 70.9 Å². The number of halogens is 3. The van der Waals surface area contributed by atoms with Gasteiger partial charge >= 0.3 is 12.1 Å². The minimum atomic E-state index is -4.41. The Morgan fingerprint density at radius 2 is 1.71 bits per heavy atom. The molecule has 0 radical (unpaired) electrons. The lowest BCUT2D eigenvalue weighted by atomic mass is 10.1. The van der Waals surface area contributed by atoms with Gasteiger partial charge < -0.3 is 4.74 Å². The number of hydrogen-bond donors (Lipinski definition) is 0. The molecule has 0 aliphatic heterocycles. The van der Waals surface area contributed by atoms with Crippen LogP contribution in [0.2, 0.25) is 0 Å². The molecule has 0 atom stereocenters. The summed E-state index contributed by atoms with van der Waals surface area (Å²) in [5, 5.41) is 0. The SMILES string of the molecule is CCCCCCCCCCC#CCOC(=O)/C=C/c1cccc(C(F)(F)F)c1. The van der Waals surface area contributed by atoms with Crippen LogP contribution in [0.3, 0.4) is 0 Å². The van der Waals surface area contributed by atoms with Crippen LogP contribution in [0.15, 0.2) is 30.3 Å². The summed E-state index contributed by atoms with van der Waals surface area (Å²) in [6.07, 6.45) is 8.73. The molecule has 0 saturated heterocycles. The monoisotopic (exact) mass is 394 g/mol. The zero-order chi connectivity index (χ0) is 20.7. The van der Waals surface area contributed by atoms with E-state index in [1.54, 1.807) is 0 Å². The summed E-state index contributed by atoms with van der Waals surface area (Å²) in [7, 11) is 0. The minimum absolute atomic E-state index is 0.0111. The molecule has 0 heterocycles. The molecular weight excluding hydrogens is 365 g/mol. The predicted molar refractivity (Wildman–Crippen MR) is 106 cm³/mol. The summed E-state index contributed by atoms with van der Waals surface area (Å²) in [5.41, 5.74) is -0.470. The van der Waals surface area contributed by atoms with Crippen LogP contribution < -0.4 is 0 Å². The molecule has 0 aromatic heterocycles. The molecule has 28 heavy (non-hydrogen) atoms. The number of alkyl halides is 3. The highest BCUT2D eigenvalue weighted by atomic mass is 19.4. The van der Waals surface area contributed by atoms with E-state index < -0.39 is 17.7 Å². The van der Waals surface area contributed by atoms with Crippen molar-refractivity contribution < 1.29 is 22.7 Å². The minimum Gasteiger partial charge on any atom is -0.449 e.